The Hall–Kier alpha value is -1.70. The van der Waals surface area contributed by atoms with E-state index in [0.29, 0.717) is 11.8 Å². The van der Waals surface area contributed by atoms with Gasteiger partial charge < -0.3 is 0 Å². The van der Waals surface area contributed by atoms with Crippen molar-refractivity contribution in [1.82, 2.24) is 9.97 Å². The molecule has 0 atom stereocenters. The van der Waals surface area contributed by atoms with E-state index in [1.165, 1.54) is 54.4 Å². The second-order valence-electron chi connectivity index (χ2n) is 7.40. The average molecular weight is 308 g/mol. The molecule has 0 amide bonds. The Balaban J connectivity index is 0.000000136. The van der Waals surface area contributed by atoms with Gasteiger partial charge in [-0.3, -0.25) is 9.97 Å². The van der Waals surface area contributed by atoms with Crippen LogP contribution in [0.25, 0.3) is 0 Å². The zero-order valence-corrected chi connectivity index (χ0v) is 14.9. The molecular formula is C21H28N2. The first-order chi connectivity index (χ1) is 11.1. The highest BCUT2D eigenvalue weighted by Gasteiger charge is 2.18. The van der Waals surface area contributed by atoms with Crippen LogP contribution in [-0.2, 0) is 25.7 Å². The fourth-order valence-electron chi connectivity index (χ4n) is 3.67. The van der Waals surface area contributed by atoms with E-state index in [9.17, 15) is 0 Å². The van der Waals surface area contributed by atoms with Crippen LogP contribution < -0.4 is 0 Å². The molecule has 23 heavy (non-hydrogen) atoms. The van der Waals surface area contributed by atoms with Gasteiger partial charge in [0, 0.05) is 24.8 Å². The van der Waals surface area contributed by atoms with E-state index in [1.807, 2.05) is 24.8 Å². The molecule has 122 valence electrons. The highest BCUT2D eigenvalue weighted by atomic mass is 14.6. The lowest BCUT2D eigenvalue weighted by atomic mass is 9.83. The summed E-state index contributed by atoms with van der Waals surface area (Å²) >= 11 is 0. The average Bonchev–Trinajstić information content (AvgIpc) is 2.96. The third-order valence-corrected chi connectivity index (χ3v) is 5.12. The summed E-state index contributed by atoms with van der Waals surface area (Å²) in [5, 5.41) is 0. The number of nitrogens with zero attached hydrogens (tertiary/aromatic N) is 2. The summed E-state index contributed by atoms with van der Waals surface area (Å²) in [7, 11) is 0. The molecule has 0 radical (unpaired) electrons. The van der Waals surface area contributed by atoms with Gasteiger partial charge in [0.2, 0.25) is 0 Å². The summed E-state index contributed by atoms with van der Waals surface area (Å²) in [5.41, 5.74) is 9.02. The first-order valence-corrected chi connectivity index (χ1v) is 8.99. The Kier molecular flexibility index (Phi) is 4.79. The SMILES string of the molecule is CC(C)c1cncc2c1CC2.CC(C)c1cncc2c1CCC2. The Morgan fingerprint density at radius 3 is 1.61 bits per heavy atom. The fraction of sp³-hybridized carbons (Fsp3) is 0.524. The van der Waals surface area contributed by atoms with Gasteiger partial charge in [0.1, 0.15) is 0 Å². The van der Waals surface area contributed by atoms with E-state index in [0.717, 1.165) is 0 Å². The Morgan fingerprint density at radius 2 is 1.17 bits per heavy atom. The number of pyridine rings is 2. The number of aryl methyl sites for hydroxylation is 2. The lowest BCUT2D eigenvalue weighted by Gasteiger charge is -2.23. The van der Waals surface area contributed by atoms with E-state index in [2.05, 4.69) is 37.7 Å². The Labute approximate surface area is 140 Å². The van der Waals surface area contributed by atoms with Crippen LogP contribution in [0.5, 0.6) is 0 Å². The molecule has 0 bridgehead atoms. The molecule has 0 unspecified atom stereocenters. The summed E-state index contributed by atoms with van der Waals surface area (Å²) in [5.74, 6) is 1.27. The van der Waals surface area contributed by atoms with E-state index in [1.54, 1.807) is 11.1 Å². The maximum absolute atomic E-state index is 4.28. The van der Waals surface area contributed by atoms with Crippen LogP contribution in [0.1, 0.15) is 79.3 Å². The van der Waals surface area contributed by atoms with E-state index in [4.69, 9.17) is 0 Å². The predicted octanol–water partition coefficient (Wildman–Crippen LogP) is 5.00. The van der Waals surface area contributed by atoms with E-state index >= 15 is 0 Å². The molecule has 0 aromatic carbocycles. The van der Waals surface area contributed by atoms with Crippen molar-refractivity contribution in [2.45, 2.75) is 71.6 Å². The summed E-state index contributed by atoms with van der Waals surface area (Å²) in [6, 6.07) is 0. The zero-order chi connectivity index (χ0) is 16.4. The molecule has 0 fully saturated rings. The molecule has 0 N–H and O–H groups in total. The molecule has 2 aliphatic carbocycles. The third kappa shape index (κ3) is 3.31. The minimum Gasteiger partial charge on any atom is -0.264 e. The van der Waals surface area contributed by atoms with Gasteiger partial charge in [-0.15, -0.1) is 0 Å². The quantitative estimate of drug-likeness (QED) is 0.780. The van der Waals surface area contributed by atoms with Gasteiger partial charge in [0.15, 0.2) is 0 Å². The monoisotopic (exact) mass is 308 g/mol. The van der Waals surface area contributed by atoms with Crippen LogP contribution in [0.4, 0.5) is 0 Å². The van der Waals surface area contributed by atoms with E-state index < -0.39 is 0 Å². The number of hydrogen-bond acceptors (Lipinski definition) is 2. The standard InChI is InChI=1S/C11H15N.C10H13N/c1-8(2)11-7-12-6-9-4-3-5-10(9)11;1-7(2)10-6-11-5-8-3-4-9(8)10/h6-8H,3-5H2,1-2H3;5-7H,3-4H2,1-2H3. The molecule has 2 aliphatic rings. The van der Waals surface area contributed by atoms with Crippen molar-refractivity contribution < 1.29 is 0 Å². The van der Waals surface area contributed by atoms with E-state index in [-0.39, 0.29) is 0 Å². The summed E-state index contributed by atoms with van der Waals surface area (Å²) < 4.78 is 0. The van der Waals surface area contributed by atoms with Crippen molar-refractivity contribution in [3.05, 3.63) is 58.2 Å². The topological polar surface area (TPSA) is 25.8 Å². The van der Waals surface area contributed by atoms with Crippen molar-refractivity contribution in [2.24, 2.45) is 0 Å². The molecule has 0 spiro atoms. The maximum Gasteiger partial charge on any atom is 0.0305 e. The lowest BCUT2D eigenvalue weighted by Crippen LogP contribution is -2.13. The normalized spacial score (nSPS) is 14.9. The minimum atomic E-state index is 0.630. The van der Waals surface area contributed by atoms with Gasteiger partial charge in [-0.2, -0.15) is 0 Å². The third-order valence-electron chi connectivity index (χ3n) is 5.12. The Morgan fingerprint density at radius 1 is 0.652 bits per heavy atom. The highest BCUT2D eigenvalue weighted by molar-refractivity contribution is 5.40. The number of hydrogen-bond donors (Lipinski definition) is 0. The molecule has 0 saturated carbocycles. The van der Waals surface area contributed by atoms with Gasteiger partial charge in [-0.05, 0) is 77.3 Å². The van der Waals surface area contributed by atoms with Gasteiger partial charge in [0.25, 0.3) is 0 Å². The first-order valence-electron chi connectivity index (χ1n) is 8.99. The lowest BCUT2D eigenvalue weighted by molar-refractivity contribution is 0.754. The molecule has 0 aliphatic heterocycles. The van der Waals surface area contributed by atoms with Crippen molar-refractivity contribution in [1.29, 1.82) is 0 Å². The van der Waals surface area contributed by atoms with Gasteiger partial charge in [-0.25, -0.2) is 0 Å². The van der Waals surface area contributed by atoms with Crippen LogP contribution in [0, 0.1) is 0 Å². The largest absolute Gasteiger partial charge is 0.264 e. The highest BCUT2D eigenvalue weighted by Crippen LogP contribution is 2.29. The van der Waals surface area contributed by atoms with Crippen LogP contribution in [0.15, 0.2) is 24.8 Å². The molecular weight excluding hydrogens is 280 g/mol. The van der Waals surface area contributed by atoms with Crippen LogP contribution >= 0.6 is 0 Å². The molecule has 2 aromatic rings. The number of fused-ring (bicyclic) bond motifs is 2. The molecule has 2 heterocycles. The van der Waals surface area contributed by atoms with Gasteiger partial charge >= 0.3 is 0 Å². The second kappa shape index (κ2) is 6.82. The smallest absolute Gasteiger partial charge is 0.0305 e. The van der Waals surface area contributed by atoms with Crippen LogP contribution in [0.2, 0.25) is 0 Å². The van der Waals surface area contributed by atoms with Crippen molar-refractivity contribution in [3.8, 4) is 0 Å². The summed E-state index contributed by atoms with van der Waals surface area (Å²) in [4.78, 5) is 8.50. The number of rotatable bonds is 2. The fourth-order valence-corrected chi connectivity index (χ4v) is 3.67. The molecule has 2 nitrogen and oxygen atoms in total. The number of aromatic nitrogens is 2. The van der Waals surface area contributed by atoms with Crippen molar-refractivity contribution in [2.75, 3.05) is 0 Å². The first kappa shape index (κ1) is 16.2. The molecule has 2 aromatic heterocycles. The predicted molar refractivity (Wildman–Crippen MR) is 96.1 cm³/mol. The van der Waals surface area contributed by atoms with Crippen molar-refractivity contribution in [3.63, 3.8) is 0 Å². The maximum atomic E-state index is 4.28. The van der Waals surface area contributed by atoms with Crippen LogP contribution in [-0.4, -0.2) is 9.97 Å². The van der Waals surface area contributed by atoms with Crippen LogP contribution in [0.3, 0.4) is 0 Å². The summed E-state index contributed by atoms with van der Waals surface area (Å²) in [6.45, 7) is 8.95. The Bertz CT molecular complexity index is 686. The molecule has 0 saturated heterocycles. The van der Waals surface area contributed by atoms with Gasteiger partial charge in [-0.1, -0.05) is 27.7 Å². The molecule has 4 rings (SSSR count). The molecule has 2 heteroatoms. The van der Waals surface area contributed by atoms with Gasteiger partial charge in [0.05, 0.1) is 0 Å². The van der Waals surface area contributed by atoms with Crippen molar-refractivity contribution >= 4 is 0 Å². The zero-order valence-electron chi connectivity index (χ0n) is 14.9. The minimum absolute atomic E-state index is 0.630. The second-order valence-corrected chi connectivity index (χ2v) is 7.40. The summed E-state index contributed by atoms with van der Waals surface area (Å²) in [6.07, 6.45) is 14.4.